The standard InChI is InChI=1S/C14H20N2O4/c1-4-7-11(5-2)9-20-14(19)12(16-10-17)8-13(18)15-6-3/h4-5,7,10,12H,1-2,6,8-9H2,3H3,(H,15,18)(H,16,17)/b11-7+. The Hall–Kier alpha value is -2.37. The lowest BCUT2D eigenvalue weighted by Crippen LogP contribution is -2.41. The number of nitrogens with one attached hydrogen (secondary N) is 2. The van der Waals surface area contributed by atoms with Crippen molar-refractivity contribution in [1.82, 2.24) is 10.6 Å². The van der Waals surface area contributed by atoms with Gasteiger partial charge in [-0.1, -0.05) is 31.4 Å². The Morgan fingerprint density at radius 1 is 1.35 bits per heavy atom. The van der Waals surface area contributed by atoms with E-state index in [1.54, 1.807) is 19.1 Å². The molecule has 0 aliphatic carbocycles. The molecule has 0 aromatic rings. The molecule has 1 atom stereocenters. The van der Waals surface area contributed by atoms with Crippen molar-refractivity contribution in [2.24, 2.45) is 0 Å². The molecule has 20 heavy (non-hydrogen) atoms. The molecule has 0 heterocycles. The molecule has 6 nitrogen and oxygen atoms in total. The van der Waals surface area contributed by atoms with Crippen LogP contribution in [0.25, 0.3) is 0 Å². The highest BCUT2D eigenvalue weighted by Gasteiger charge is 2.22. The molecule has 0 fully saturated rings. The van der Waals surface area contributed by atoms with Gasteiger partial charge in [0.15, 0.2) is 0 Å². The fourth-order valence-electron chi connectivity index (χ4n) is 1.33. The summed E-state index contributed by atoms with van der Waals surface area (Å²) in [5.41, 5.74) is 0.663. The van der Waals surface area contributed by atoms with Gasteiger partial charge in [0.05, 0.1) is 6.42 Å². The molecule has 0 saturated heterocycles. The van der Waals surface area contributed by atoms with E-state index in [1.165, 1.54) is 6.08 Å². The maximum atomic E-state index is 11.8. The SMILES string of the molecule is C=C/C=C(\C=C)COC(=O)C(CC(=O)NCC)NC=O. The van der Waals surface area contributed by atoms with E-state index in [1.807, 2.05) is 0 Å². The third kappa shape index (κ3) is 7.15. The summed E-state index contributed by atoms with van der Waals surface area (Å²) in [4.78, 5) is 33.7. The molecule has 1 unspecified atom stereocenters. The third-order valence-corrected chi connectivity index (χ3v) is 2.29. The lowest BCUT2D eigenvalue weighted by Gasteiger charge is -2.15. The van der Waals surface area contributed by atoms with E-state index in [0.717, 1.165) is 0 Å². The highest BCUT2D eigenvalue weighted by Crippen LogP contribution is 2.01. The Bertz CT molecular complexity index is 402. The van der Waals surface area contributed by atoms with Gasteiger partial charge in [-0.2, -0.15) is 0 Å². The highest BCUT2D eigenvalue weighted by molar-refractivity contribution is 5.86. The van der Waals surface area contributed by atoms with Gasteiger partial charge in [0.2, 0.25) is 12.3 Å². The summed E-state index contributed by atoms with van der Waals surface area (Å²) in [6.45, 7) is 9.30. The highest BCUT2D eigenvalue weighted by atomic mass is 16.5. The molecule has 0 radical (unpaired) electrons. The van der Waals surface area contributed by atoms with Gasteiger partial charge < -0.3 is 15.4 Å². The number of hydrogen-bond acceptors (Lipinski definition) is 4. The smallest absolute Gasteiger partial charge is 0.329 e. The van der Waals surface area contributed by atoms with Gasteiger partial charge in [-0.25, -0.2) is 4.79 Å². The first-order chi connectivity index (χ1) is 9.58. The lowest BCUT2D eigenvalue weighted by atomic mass is 10.2. The van der Waals surface area contributed by atoms with Gasteiger partial charge in [-0.15, -0.1) is 0 Å². The zero-order valence-corrected chi connectivity index (χ0v) is 11.6. The summed E-state index contributed by atoms with van der Waals surface area (Å²) in [6, 6.07) is -1.01. The molecule has 0 bridgehead atoms. The summed E-state index contributed by atoms with van der Waals surface area (Å²) in [5, 5.41) is 4.81. The van der Waals surface area contributed by atoms with Crippen LogP contribution in [0.2, 0.25) is 0 Å². The molecule has 0 aromatic heterocycles. The Kier molecular flexibility index (Phi) is 9.29. The molecule has 2 amide bonds. The van der Waals surface area contributed by atoms with E-state index in [9.17, 15) is 14.4 Å². The third-order valence-electron chi connectivity index (χ3n) is 2.29. The topological polar surface area (TPSA) is 84.5 Å². The van der Waals surface area contributed by atoms with Crippen LogP contribution in [0.5, 0.6) is 0 Å². The van der Waals surface area contributed by atoms with E-state index >= 15 is 0 Å². The van der Waals surface area contributed by atoms with Gasteiger partial charge in [0, 0.05) is 6.54 Å². The molecular formula is C14H20N2O4. The first-order valence-corrected chi connectivity index (χ1v) is 6.16. The van der Waals surface area contributed by atoms with Crippen LogP contribution in [-0.2, 0) is 19.1 Å². The van der Waals surface area contributed by atoms with Gasteiger partial charge in [0.25, 0.3) is 0 Å². The summed E-state index contributed by atoms with van der Waals surface area (Å²) in [6.07, 6.45) is 4.91. The number of hydrogen-bond donors (Lipinski definition) is 2. The predicted molar refractivity (Wildman–Crippen MR) is 75.7 cm³/mol. The zero-order chi connectivity index (χ0) is 15.4. The largest absolute Gasteiger partial charge is 0.459 e. The second-order valence-corrected chi connectivity index (χ2v) is 3.78. The average Bonchev–Trinajstić information content (AvgIpc) is 2.42. The number of carbonyl (C=O) groups is 3. The minimum Gasteiger partial charge on any atom is -0.459 e. The number of amides is 2. The van der Waals surface area contributed by atoms with E-state index in [4.69, 9.17) is 4.74 Å². The molecular weight excluding hydrogens is 260 g/mol. The van der Waals surface area contributed by atoms with Crippen LogP contribution in [0.1, 0.15) is 13.3 Å². The maximum Gasteiger partial charge on any atom is 0.329 e. The van der Waals surface area contributed by atoms with Crippen LogP contribution in [0, 0.1) is 0 Å². The van der Waals surface area contributed by atoms with Crippen LogP contribution < -0.4 is 10.6 Å². The zero-order valence-electron chi connectivity index (χ0n) is 11.6. The number of rotatable bonds is 10. The molecule has 0 aliphatic rings. The Morgan fingerprint density at radius 3 is 2.55 bits per heavy atom. The fourth-order valence-corrected chi connectivity index (χ4v) is 1.33. The lowest BCUT2D eigenvalue weighted by molar-refractivity contribution is -0.147. The number of ether oxygens (including phenoxy) is 1. The molecule has 0 rings (SSSR count). The summed E-state index contributed by atoms with van der Waals surface area (Å²) >= 11 is 0. The Labute approximate surface area is 118 Å². The second kappa shape index (κ2) is 10.5. The van der Waals surface area contributed by atoms with Crippen LogP contribution in [0.4, 0.5) is 0 Å². The van der Waals surface area contributed by atoms with Gasteiger partial charge >= 0.3 is 5.97 Å². The van der Waals surface area contributed by atoms with E-state index in [0.29, 0.717) is 18.5 Å². The summed E-state index contributed by atoms with van der Waals surface area (Å²) in [5.74, 6) is -1.02. The van der Waals surface area contributed by atoms with Crippen molar-refractivity contribution in [1.29, 1.82) is 0 Å². The first kappa shape index (κ1) is 17.6. The molecule has 0 saturated carbocycles. The van der Waals surface area contributed by atoms with Crippen molar-refractivity contribution in [2.45, 2.75) is 19.4 Å². The minimum atomic E-state index is -1.01. The fraction of sp³-hybridized carbons (Fsp3) is 0.357. The van der Waals surface area contributed by atoms with Crippen LogP contribution in [0.15, 0.2) is 37.0 Å². The molecule has 6 heteroatoms. The number of allylic oxidation sites excluding steroid dienone is 2. The van der Waals surface area contributed by atoms with E-state index < -0.39 is 12.0 Å². The minimum absolute atomic E-state index is 0.000781. The average molecular weight is 280 g/mol. The van der Waals surface area contributed by atoms with Crippen molar-refractivity contribution in [3.05, 3.63) is 37.0 Å². The predicted octanol–water partition coefficient (Wildman–Crippen LogP) is 0.469. The quantitative estimate of drug-likeness (QED) is 0.346. The van der Waals surface area contributed by atoms with Gasteiger partial charge in [-0.05, 0) is 12.5 Å². The van der Waals surface area contributed by atoms with Gasteiger partial charge in [-0.3, -0.25) is 9.59 Å². The Balaban J connectivity index is 4.52. The summed E-state index contributed by atoms with van der Waals surface area (Å²) in [7, 11) is 0. The van der Waals surface area contributed by atoms with Crippen molar-refractivity contribution < 1.29 is 19.1 Å². The second-order valence-electron chi connectivity index (χ2n) is 3.78. The van der Waals surface area contributed by atoms with Crippen LogP contribution in [-0.4, -0.2) is 37.5 Å². The molecule has 110 valence electrons. The molecule has 0 aromatic carbocycles. The van der Waals surface area contributed by atoms with Crippen LogP contribution in [0.3, 0.4) is 0 Å². The van der Waals surface area contributed by atoms with Gasteiger partial charge in [0.1, 0.15) is 12.6 Å². The van der Waals surface area contributed by atoms with E-state index in [2.05, 4.69) is 23.8 Å². The molecule has 0 spiro atoms. The van der Waals surface area contributed by atoms with Crippen molar-refractivity contribution in [3.8, 4) is 0 Å². The number of carbonyl (C=O) groups excluding carboxylic acids is 3. The van der Waals surface area contributed by atoms with Crippen molar-refractivity contribution in [2.75, 3.05) is 13.2 Å². The normalized spacial score (nSPS) is 11.9. The monoisotopic (exact) mass is 280 g/mol. The van der Waals surface area contributed by atoms with Crippen molar-refractivity contribution in [3.63, 3.8) is 0 Å². The summed E-state index contributed by atoms with van der Waals surface area (Å²) < 4.78 is 5.01. The Morgan fingerprint density at radius 2 is 2.05 bits per heavy atom. The first-order valence-electron chi connectivity index (χ1n) is 6.16. The number of esters is 1. The van der Waals surface area contributed by atoms with Crippen molar-refractivity contribution >= 4 is 18.3 Å². The van der Waals surface area contributed by atoms with Crippen LogP contribution >= 0.6 is 0 Å². The maximum absolute atomic E-state index is 11.8. The van der Waals surface area contributed by atoms with E-state index in [-0.39, 0.29) is 18.9 Å². The molecule has 2 N–H and O–H groups in total. The molecule has 0 aliphatic heterocycles.